The molecule has 5 nitrogen and oxygen atoms in total. The van der Waals surface area contributed by atoms with E-state index < -0.39 is 0 Å². The van der Waals surface area contributed by atoms with Crippen LogP contribution in [0.15, 0.2) is 24.3 Å². The Labute approximate surface area is 181 Å². The number of benzene rings is 1. The lowest BCUT2D eigenvalue weighted by molar-refractivity contribution is -0.122. The van der Waals surface area contributed by atoms with Gasteiger partial charge in [-0.25, -0.2) is 0 Å². The van der Waals surface area contributed by atoms with E-state index in [4.69, 9.17) is 10.5 Å². The third-order valence-electron chi connectivity index (χ3n) is 5.65. The van der Waals surface area contributed by atoms with Crippen LogP contribution in [-0.2, 0) is 22.6 Å². The van der Waals surface area contributed by atoms with Crippen LogP contribution in [-0.4, -0.2) is 42.1 Å². The molecule has 0 spiro atoms. The molecular formula is C21H35Cl2N3O2. The number of amides is 1. The third-order valence-corrected chi connectivity index (χ3v) is 5.65. The van der Waals surface area contributed by atoms with E-state index in [0.717, 1.165) is 38.9 Å². The topological polar surface area (TPSA) is 67.6 Å². The molecule has 3 rings (SSSR count). The van der Waals surface area contributed by atoms with E-state index >= 15 is 0 Å². The average molecular weight is 432 g/mol. The molecule has 1 saturated carbocycles. The molecule has 0 aromatic heterocycles. The summed E-state index contributed by atoms with van der Waals surface area (Å²) in [5, 5.41) is 3.10. The van der Waals surface area contributed by atoms with Crippen LogP contribution >= 0.6 is 24.8 Å². The van der Waals surface area contributed by atoms with E-state index in [0.29, 0.717) is 18.9 Å². The molecule has 160 valence electrons. The number of nitrogens with zero attached hydrogens (tertiary/aromatic N) is 1. The molecule has 28 heavy (non-hydrogen) atoms. The van der Waals surface area contributed by atoms with E-state index in [-0.39, 0.29) is 49.0 Å². The maximum atomic E-state index is 12.3. The van der Waals surface area contributed by atoms with Crippen molar-refractivity contribution < 1.29 is 9.53 Å². The fourth-order valence-electron chi connectivity index (χ4n) is 4.36. The first-order chi connectivity index (χ1) is 12.5. The Hall–Kier alpha value is -0.850. The first-order valence-corrected chi connectivity index (χ1v) is 9.98. The maximum Gasteiger partial charge on any atom is 0.220 e. The Balaban J connectivity index is 0.00000196. The second-order valence-electron chi connectivity index (χ2n) is 8.06. The van der Waals surface area contributed by atoms with Gasteiger partial charge in [0.15, 0.2) is 0 Å². The van der Waals surface area contributed by atoms with Crippen LogP contribution in [0.25, 0.3) is 0 Å². The monoisotopic (exact) mass is 431 g/mol. The molecule has 1 aromatic carbocycles. The lowest BCUT2D eigenvalue weighted by Gasteiger charge is -2.35. The SMILES string of the molecule is CC1CN(Cc2ccccc2CNC(=O)C[C@@H]2CCC[C@H]2N)CC(C)O1.Cl.Cl. The zero-order valence-electron chi connectivity index (χ0n) is 16.9. The molecule has 3 N–H and O–H groups in total. The van der Waals surface area contributed by atoms with E-state index in [1.54, 1.807) is 0 Å². The molecule has 1 amide bonds. The number of halogens is 2. The second-order valence-corrected chi connectivity index (χ2v) is 8.06. The highest BCUT2D eigenvalue weighted by molar-refractivity contribution is 5.85. The Morgan fingerprint density at radius 3 is 2.39 bits per heavy atom. The Morgan fingerprint density at radius 2 is 1.79 bits per heavy atom. The van der Waals surface area contributed by atoms with Gasteiger partial charge < -0.3 is 15.8 Å². The number of nitrogens with two attached hydrogens (primary N) is 1. The third kappa shape index (κ3) is 7.20. The van der Waals surface area contributed by atoms with Gasteiger partial charge in [-0.3, -0.25) is 9.69 Å². The van der Waals surface area contributed by atoms with Crippen LogP contribution in [0.3, 0.4) is 0 Å². The van der Waals surface area contributed by atoms with E-state index in [9.17, 15) is 4.79 Å². The number of ether oxygens (including phenoxy) is 1. The van der Waals surface area contributed by atoms with Gasteiger partial charge in [-0.15, -0.1) is 24.8 Å². The van der Waals surface area contributed by atoms with Gasteiger partial charge in [0, 0.05) is 38.6 Å². The summed E-state index contributed by atoms with van der Waals surface area (Å²) in [7, 11) is 0. The van der Waals surface area contributed by atoms with Gasteiger partial charge in [0.05, 0.1) is 12.2 Å². The van der Waals surface area contributed by atoms with E-state index in [2.05, 4.69) is 42.3 Å². The van der Waals surface area contributed by atoms with Crippen molar-refractivity contribution in [1.29, 1.82) is 0 Å². The Morgan fingerprint density at radius 1 is 1.14 bits per heavy atom. The number of carbonyl (C=O) groups is 1. The summed E-state index contributed by atoms with van der Waals surface area (Å²) in [6.07, 6.45) is 4.37. The molecule has 1 aromatic rings. The summed E-state index contributed by atoms with van der Waals surface area (Å²) in [5.41, 5.74) is 8.57. The maximum absolute atomic E-state index is 12.3. The number of morpholine rings is 1. The fourth-order valence-corrected chi connectivity index (χ4v) is 4.36. The van der Waals surface area contributed by atoms with Gasteiger partial charge in [0.25, 0.3) is 0 Å². The smallest absolute Gasteiger partial charge is 0.220 e. The highest BCUT2D eigenvalue weighted by Gasteiger charge is 2.26. The van der Waals surface area contributed by atoms with Gasteiger partial charge >= 0.3 is 0 Å². The van der Waals surface area contributed by atoms with Crippen molar-refractivity contribution >= 4 is 30.7 Å². The molecule has 1 saturated heterocycles. The molecule has 7 heteroatoms. The van der Waals surface area contributed by atoms with Crippen LogP contribution in [0, 0.1) is 5.92 Å². The summed E-state index contributed by atoms with van der Waals surface area (Å²) < 4.78 is 5.83. The van der Waals surface area contributed by atoms with Crippen molar-refractivity contribution in [2.45, 2.75) is 70.9 Å². The zero-order valence-corrected chi connectivity index (χ0v) is 18.6. The second kappa shape index (κ2) is 12.0. The average Bonchev–Trinajstić information content (AvgIpc) is 2.98. The van der Waals surface area contributed by atoms with E-state index in [1.807, 2.05) is 6.07 Å². The minimum absolute atomic E-state index is 0. The number of hydrogen-bond donors (Lipinski definition) is 2. The van der Waals surface area contributed by atoms with Gasteiger partial charge in [-0.1, -0.05) is 30.7 Å². The standard InChI is InChI=1S/C21H33N3O2.2ClH/c1-15-12-24(13-16(2)26-15)14-19-7-4-3-6-18(19)11-23-21(25)10-17-8-5-9-20(17)22;;/h3-4,6-7,15-17,20H,5,8-14,22H2,1-2H3,(H,23,25);2*1H/t15?,16?,17-,20+;;/m0../s1. The molecule has 4 atom stereocenters. The molecule has 2 unspecified atom stereocenters. The van der Waals surface area contributed by atoms with Crippen LogP contribution < -0.4 is 11.1 Å². The first kappa shape index (κ1) is 25.2. The van der Waals surface area contributed by atoms with Crippen molar-refractivity contribution in [2.24, 2.45) is 11.7 Å². The van der Waals surface area contributed by atoms with Crippen LogP contribution in [0.5, 0.6) is 0 Å². The quantitative estimate of drug-likeness (QED) is 0.724. The van der Waals surface area contributed by atoms with Crippen LogP contribution in [0.2, 0.25) is 0 Å². The highest BCUT2D eigenvalue weighted by atomic mass is 35.5. The first-order valence-electron chi connectivity index (χ1n) is 9.98. The molecule has 2 fully saturated rings. The van der Waals surface area contributed by atoms with Crippen LogP contribution in [0.1, 0.15) is 50.7 Å². The highest BCUT2D eigenvalue weighted by Crippen LogP contribution is 2.26. The predicted octanol–water partition coefficient (Wildman–Crippen LogP) is 3.27. The lowest BCUT2D eigenvalue weighted by atomic mass is 9.99. The van der Waals surface area contributed by atoms with E-state index in [1.165, 1.54) is 11.1 Å². The summed E-state index contributed by atoms with van der Waals surface area (Å²) >= 11 is 0. The molecule has 1 aliphatic heterocycles. The largest absolute Gasteiger partial charge is 0.373 e. The van der Waals surface area contributed by atoms with Crippen molar-refractivity contribution in [3.05, 3.63) is 35.4 Å². The summed E-state index contributed by atoms with van der Waals surface area (Å²) in [6.45, 7) is 7.64. The number of rotatable bonds is 6. The van der Waals surface area contributed by atoms with Gasteiger partial charge in [-0.2, -0.15) is 0 Å². The lowest BCUT2D eigenvalue weighted by Crippen LogP contribution is -2.45. The Kier molecular flexibility index (Phi) is 10.8. The van der Waals surface area contributed by atoms with Crippen molar-refractivity contribution in [3.8, 4) is 0 Å². The molecule has 1 aliphatic carbocycles. The zero-order chi connectivity index (χ0) is 18.5. The Bertz CT molecular complexity index is 607. The van der Waals surface area contributed by atoms with Crippen LogP contribution in [0.4, 0.5) is 0 Å². The fraction of sp³-hybridized carbons (Fsp3) is 0.667. The number of carbonyl (C=O) groups excluding carboxylic acids is 1. The molecule has 0 bridgehead atoms. The predicted molar refractivity (Wildman–Crippen MR) is 118 cm³/mol. The van der Waals surface area contributed by atoms with Gasteiger partial charge in [0.2, 0.25) is 5.91 Å². The van der Waals surface area contributed by atoms with Crippen molar-refractivity contribution in [2.75, 3.05) is 13.1 Å². The summed E-state index contributed by atoms with van der Waals surface area (Å²) in [5.74, 6) is 0.470. The molecular weight excluding hydrogens is 397 g/mol. The van der Waals surface area contributed by atoms with Crippen molar-refractivity contribution in [1.82, 2.24) is 10.2 Å². The summed E-state index contributed by atoms with van der Waals surface area (Å²) in [6, 6.07) is 8.59. The van der Waals surface area contributed by atoms with Crippen molar-refractivity contribution in [3.63, 3.8) is 0 Å². The number of nitrogens with one attached hydrogen (secondary N) is 1. The van der Waals surface area contributed by atoms with Gasteiger partial charge in [-0.05, 0) is 43.7 Å². The number of hydrogen-bond acceptors (Lipinski definition) is 4. The normalized spacial score (nSPS) is 27.5. The minimum Gasteiger partial charge on any atom is -0.373 e. The molecule has 0 radical (unpaired) electrons. The minimum atomic E-state index is 0. The molecule has 2 aliphatic rings. The summed E-state index contributed by atoms with van der Waals surface area (Å²) in [4.78, 5) is 14.8. The van der Waals surface area contributed by atoms with Gasteiger partial charge in [0.1, 0.15) is 0 Å². The molecule has 1 heterocycles.